The van der Waals surface area contributed by atoms with Gasteiger partial charge in [0.15, 0.2) is 5.22 Å². The fraction of sp³-hybridized carbons (Fsp3) is 0.636. The highest BCUT2D eigenvalue weighted by molar-refractivity contribution is 6.28. The molecule has 0 aromatic carbocycles. The third kappa shape index (κ3) is 1.96. The maximum absolute atomic E-state index is 5.69. The van der Waals surface area contributed by atoms with Crippen molar-refractivity contribution in [2.24, 2.45) is 5.41 Å². The van der Waals surface area contributed by atoms with Crippen molar-refractivity contribution in [2.45, 2.75) is 39.3 Å². The zero-order valence-corrected chi connectivity index (χ0v) is 9.40. The molecule has 0 amide bonds. The molecule has 1 N–H and O–H groups in total. The second-order valence-electron chi connectivity index (χ2n) is 4.67. The minimum absolute atomic E-state index is 0.441. The summed E-state index contributed by atoms with van der Waals surface area (Å²) in [6, 6.07) is 4.32. The van der Waals surface area contributed by atoms with E-state index >= 15 is 0 Å². The van der Waals surface area contributed by atoms with Crippen LogP contribution in [0.2, 0.25) is 5.22 Å². The molecule has 1 unspecified atom stereocenters. The first-order chi connectivity index (χ1) is 6.58. The summed E-state index contributed by atoms with van der Waals surface area (Å²) >= 11 is 5.69. The van der Waals surface area contributed by atoms with E-state index in [1.807, 2.05) is 6.07 Å². The number of nitrogens with one attached hydrogen (secondary N) is 1. The quantitative estimate of drug-likeness (QED) is 0.834. The van der Waals surface area contributed by atoms with Crippen LogP contribution in [0.15, 0.2) is 16.5 Å². The standard InChI is InChI=1S/C11H16ClNO/c1-11(2)6-5-9(11)13-7-8-3-4-10(12)14-8/h3-4,9,13H,5-7H2,1-2H3. The number of furan rings is 1. The first-order valence-corrected chi connectivity index (χ1v) is 5.43. The average Bonchev–Trinajstić information content (AvgIpc) is 2.50. The van der Waals surface area contributed by atoms with Crippen molar-refractivity contribution < 1.29 is 4.42 Å². The molecule has 0 spiro atoms. The Morgan fingerprint density at radius 3 is 2.79 bits per heavy atom. The molecule has 2 rings (SSSR count). The van der Waals surface area contributed by atoms with Crippen molar-refractivity contribution in [2.75, 3.05) is 0 Å². The van der Waals surface area contributed by atoms with Crippen molar-refractivity contribution in [1.82, 2.24) is 5.32 Å². The summed E-state index contributed by atoms with van der Waals surface area (Å²) in [5, 5.41) is 3.95. The lowest BCUT2D eigenvalue weighted by molar-refractivity contribution is 0.106. The first kappa shape index (κ1) is 10.1. The van der Waals surface area contributed by atoms with E-state index in [9.17, 15) is 0 Å². The van der Waals surface area contributed by atoms with Crippen LogP contribution in [0.1, 0.15) is 32.4 Å². The predicted octanol–water partition coefficient (Wildman–Crippen LogP) is 3.21. The summed E-state index contributed by atoms with van der Waals surface area (Å²) < 4.78 is 5.27. The molecule has 1 atom stereocenters. The van der Waals surface area contributed by atoms with Crippen LogP contribution in [-0.4, -0.2) is 6.04 Å². The van der Waals surface area contributed by atoms with Gasteiger partial charge in [-0.3, -0.25) is 0 Å². The molecule has 2 nitrogen and oxygen atoms in total. The smallest absolute Gasteiger partial charge is 0.193 e. The van der Waals surface area contributed by atoms with Crippen molar-refractivity contribution >= 4 is 11.6 Å². The lowest BCUT2D eigenvalue weighted by Crippen LogP contribution is -2.49. The highest BCUT2D eigenvalue weighted by Gasteiger charge is 2.37. The molecule has 1 aliphatic carbocycles. The van der Waals surface area contributed by atoms with E-state index in [2.05, 4.69) is 19.2 Å². The van der Waals surface area contributed by atoms with Crippen molar-refractivity contribution in [3.05, 3.63) is 23.1 Å². The Bertz CT molecular complexity index is 319. The molecule has 1 aliphatic rings. The van der Waals surface area contributed by atoms with Gasteiger partial charge in [-0.2, -0.15) is 0 Å². The molecule has 1 aromatic heterocycles. The van der Waals surface area contributed by atoms with E-state index < -0.39 is 0 Å². The molecule has 0 bridgehead atoms. The number of halogens is 1. The Hall–Kier alpha value is -0.470. The van der Waals surface area contributed by atoms with Gasteiger partial charge >= 0.3 is 0 Å². The van der Waals surface area contributed by atoms with E-state index in [1.54, 1.807) is 6.07 Å². The molecular formula is C11H16ClNO. The van der Waals surface area contributed by atoms with Crippen molar-refractivity contribution in [1.29, 1.82) is 0 Å². The molecule has 3 heteroatoms. The van der Waals surface area contributed by atoms with Gasteiger partial charge in [-0.05, 0) is 42.0 Å². The van der Waals surface area contributed by atoms with E-state index in [0.29, 0.717) is 16.7 Å². The molecule has 1 heterocycles. The van der Waals surface area contributed by atoms with Crippen LogP contribution in [0.5, 0.6) is 0 Å². The largest absolute Gasteiger partial charge is 0.448 e. The zero-order chi connectivity index (χ0) is 10.2. The Morgan fingerprint density at radius 1 is 1.57 bits per heavy atom. The lowest BCUT2D eigenvalue weighted by atomic mass is 9.67. The Kier molecular flexibility index (Phi) is 2.58. The molecule has 14 heavy (non-hydrogen) atoms. The van der Waals surface area contributed by atoms with Gasteiger partial charge in [-0.15, -0.1) is 0 Å². The minimum atomic E-state index is 0.441. The summed E-state index contributed by atoms with van der Waals surface area (Å²) in [6.07, 6.45) is 2.57. The highest BCUT2D eigenvalue weighted by atomic mass is 35.5. The normalized spacial score (nSPS) is 24.6. The van der Waals surface area contributed by atoms with Crippen LogP contribution in [0.25, 0.3) is 0 Å². The second-order valence-corrected chi connectivity index (χ2v) is 5.04. The van der Waals surface area contributed by atoms with Crippen molar-refractivity contribution in [3.8, 4) is 0 Å². The van der Waals surface area contributed by atoms with Gasteiger partial charge < -0.3 is 9.73 Å². The highest BCUT2D eigenvalue weighted by Crippen LogP contribution is 2.40. The third-order valence-electron chi connectivity index (χ3n) is 3.17. The first-order valence-electron chi connectivity index (χ1n) is 5.05. The molecule has 0 saturated heterocycles. The van der Waals surface area contributed by atoms with Crippen LogP contribution >= 0.6 is 11.6 Å². The number of rotatable bonds is 3. The topological polar surface area (TPSA) is 25.2 Å². The van der Waals surface area contributed by atoms with E-state index in [0.717, 1.165) is 12.3 Å². The summed E-state index contributed by atoms with van der Waals surface area (Å²) in [4.78, 5) is 0. The Balaban J connectivity index is 1.83. The van der Waals surface area contributed by atoms with Gasteiger partial charge in [0.1, 0.15) is 5.76 Å². The number of hydrogen-bond acceptors (Lipinski definition) is 2. The molecule has 1 aromatic rings. The molecule has 0 aliphatic heterocycles. The minimum Gasteiger partial charge on any atom is -0.448 e. The summed E-state index contributed by atoms with van der Waals surface area (Å²) in [5.74, 6) is 0.915. The van der Waals surface area contributed by atoms with Crippen LogP contribution in [-0.2, 0) is 6.54 Å². The van der Waals surface area contributed by atoms with Crippen LogP contribution in [0.3, 0.4) is 0 Å². The monoisotopic (exact) mass is 213 g/mol. The zero-order valence-electron chi connectivity index (χ0n) is 8.64. The van der Waals surface area contributed by atoms with Crippen LogP contribution in [0, 0.1) is 5.41 Å². The molecule has 78 valence electrons. The molecule has 0 radical (unpaired) electrons. The predicted molar refractivity (Wildman–Crippen MR) is 57.4 cm³/mol. The third-order valence-corrected chi connectivity index (χ3v) is 3.38. The fourth-order valence-electron chi connectivity index (χ4n) is 1.91. The van der Waals surface area contributed by atoms with Gasteiger partial charge in [-0.1, -0.05) is 13.8 Å². The average molecular weight is 214 g/mol. The van der Waals surface area contributed by atoms with Gasteiger partial charge in [0.05, 0.1) is 6.54 Å². The summed E-state index contributed by atoms with van der Waals surface area (Å²) in [7, 11) is 0. The maximum Gasteiger partial charge on any atom is 0.193 e. The van der Waals surface area contributed by atoms with E-state index in [-0.39, 0.29) is 0 Å². The van der Waals surface area contributed by atoms with Gasteiger partial charge in [0.2, 0.25) is 0 Å². The summed E-state index contributed by atoms with van der Waals surface area (Å²) in [6.45, 7) is 5.37. The van der Waals surface area contributed by atoms with Crippen LogP contribution in [0.4, 0.5) is 0 Å². The van der Waals surface area contributed by atoms with Crippen LogP contribution < -0.4 is 5.32 Å². The lowest BCUT2D eigenvalue weighted by Gasteiger charge is -2.45. The second kappa shape index (κ2) is 3.59. The SMILES string of the molecule is CC1(C)CCC1NCc1ccc(Cl)o1. The Morgan fingerprint density at radius 2 is 2.36 bits per heavy atom. The van der Waals surface area contributed by atoms with E-state index in [4.69, 9.17) is 16.0 Å². The van der Waals surface area contributed by atoms with Gasteiger partial charge in [-0.25, -0.2) is 0 Å². The Labute approximate surface area is 89.6 Å². The fourth-order valence-corrected chi connectivity index (χ4v) is 2.08. The van der Waals surface area contributed by atoms with Crippen molar-refractivity contribution in [3.63, 3.8) is 0 Å². The molecule has 1 saturated carbocycles. The number of hydrogen-bond donors (Lipinski definition) is 1. The molecular weight excluding hydrogens is 198 g/mol. The summed E-state index contributed by atoms with van der Waals surface area (Å²) in [5.41, 5.74) is 0.441. The van der Waals surface area contributed by atoms with Gasteiger partial charge in [0, 0.05) is 6.04 Å². The van der Waals surface area contributed by atoms with Gasteiger partial charge in [0.25, 0.3) is 0 Å². The molecule has 1 fully saturated rings. The maximum atomic E-state index is 5.69. The van der Waals surface area contributed by atoms with E-state index in [1.165, 1.54) is 12.8 Å².